The van der Waals surface area contributed by atoms with Crippen molar-refractivity contribution in [2.24, 2.45) is 0 Å². The van der Waals surface area contributed by atoms with Gasteiger partial charge in [0, 0.05) is 6.54 Å². The van der Waals surface area contributed by atoms with Crippen LogP contribution in [0.1, 0.15) is 25.0 Å². The van der Waals surface area contributed by atoms with E-state index in [1.165, 1.54) is 0 Å². The molecule has 0 fully saturated rings. The average molecular weight is 415 g/mol. The van der Waals surface area contributed by atoms with Crippen molar-refractivity contribution < 1.29 is 27.5 Å². The van der Waals surface area contributed by atoms with Crippen molar-refractivity contribution in [2.45, 2.75) is 32.7 Å². The number of halogens is 4. The van der Waals surface area contributed by atoms with Crippen molar-refractivity contribution in [3.05, 3.63) is 58.6 Å². The molecule has 0 aliphatic rings. The van der Waals surface area contributed by atoms with Gasteiger partial charge in [-0.1, -0.05) is 23.7 Å². The quantitative estimate of drug-likeness (QED) is 0.712. The Kier molecular flexibility index (Phi) is 6.90. The summed E-state index contributed by atoms with van der Waals surface area (Å²) >= 11 is 5.79. The van der Waals surface area contributed by atoms with E-state index in [1.54, 1.807) is 24.3 Å². The Hall–Kier alpha value is -2.74. The minimum Gasteiger partial charge on any atom is -0.491 e. The lowest BCUT2D eigenvalue weighted by Crippen LogP contribution is -2.35. The molecule has 28 heavy (non-hydrogen) atoms. The topological polar surface area (TPSA) is 67.4 Å². The van der Waals surface area contributed by atoms with Crippen molar-refractivity contribution in [3.63, 3.8) is 0 Å². The molecule has 9 heteroatoms. The Morgan fingerprint density at radius 3 is 2.29 bits per heavy atom. The number of benzene rings is 2. The molecule has 0 unspecified atom stereocenters. The van der Waals surface area contributed by atoms with Gasteiger partial charge in [-0.2, -0.15) is 13.2 Å². The lowest BCUT2D eigenvalue weighted by atomic mass is 10.2. The van der Waals surface area contributed by atoms with E-state index in [2.05, 4.69) is 10.6 Å². The van der Waals surface area contributed by atoms with E-state index in [9.17, 15) is 22.8 Å². The minimum atomic E-state index is -4.60. The van der Waals surface area contributed by atoms with Crippen molar-refractivity contribution in [3.8, 4) is 5.75 Å². The molecule has 0 bridgehead atoms. The van der Waals surface area contributed by atoms with Gasteiger partial charge in [0.15, 0.2) is 0 Å². The largest absolute Gasteiger partial charge is 0.491 e. The molecule has 0 atom stereocenters. The molecule has 2 amide bonds. The molecular formula is C19H18ClF3N2O3. The zero-order chi connectivity index (χ0) is 20.9. The monoisotopic (exact) mass is 414 g/mol. The van der Waals surface area contributed by atoms with Gasteiger partial charge >= 0.3 is 18.0 Å². The van der Waals surface area contributed by atoms with Crippen LogP contribution in [0.25, 0.3) is 0 Å². The van der Waals surface area contributed by atoms with Gasteiger partial charge in [-0.15, -0.1) is 0 Å². The summed E-state index contributed by atoms with van der Waals surface area (Å²) in [5.41, 5.74) is -0.572. The van der Waals surface area contributed by atoms with Crippen LogP contribution in [0.5, 0.6) is 5.75 Å². The molecule has 150 valence electrons. The van der Waals surface area contributed by atoms with Gasteiger partial charge in [0.2, 0.25) is 0 Å². The predicted molar refractivity (Wildman–Crippen MR) is 99.1 cm³/mol. The number of amides is 2. The molecule has 0 radical (unpaired) electrons. The molecule has 5 nitrogen and oxygen atoms in total. The number of carbonyl (C=O) groups is 2. The summed E-state index contributed by atoms with van der Waals surface area (Å²) in [5.74, 6) is -1.46. The lowest BCUT2D eigenvalue weighted by molar-refractivity contribution is -0.137. The SMILES string of the molecule is CC(C)Oc1ccc(CNC(=O)C(=O)Nc2cc(C(F)(F)F)ccc2Cl)cc1. The summed E-state index contributed by atoms with van der Waals surface area (Å²) in [4.78, 5) is 23.9. The van der Waals surface area contributed by atoms with E-state index >= 15 is 0 Å². The Labute approximate surface area is 164 Å². The number of hydrogen-bond donors (Lipinski definition) is 2. The van der Waals surface area contributed by atoms with E-state index in [0.717, 1.165) is 12.1 Å². The molecule has 2 aromatic rings. The first-order valence-electron chi connectivity index (χ1n) is 8.28. The maximum Gasteiger partial charge on any atom is 0.416 e. The van der Waals surface area contributed by atoms with Crippen LogP contribution >= 0.6 is 11.6 Å². The third-order valence-corrected chi connectivity index (χ3v) is 3.83. The lowest BCUT2D eigenvalue weighted by Gasteiger charge is -2.12. The average Bonchev–Trinajstić information content (AvgIpc) is 2.61. The van der Waals surface area contributed by atoms with Crippen LogP contribution < -0.4 is 15.4 Å². The fraction of sp³-hybridized carbons (Fsp3) is 0.263. The highest BCUT2D eigenvalue weighted by Gasteiger charge is 2.31. The highest BCUT2D eigenvalue weighted by molar-refractivity contribution is 6.41. The second kappa shape index (κ2) is 8.97. The van der Waals surface area contributed by atoms with Gasteiger partial charge in [-0.25, -0.2) is 0 Å². The summed E-state index contributed by atoms with van der Waals surface area (Å²) in [6.45, 7) is 3.84. The number of alkyl halides is 3. The molecular weight excluding hydrogens is 397 g/mol. The molecule has 0 saturated carbocycles. The molecule has 2 N–H and O–H groups in total. The Bertz CT molecular complexity index is 852. The van der Waals surface area contributed by atoms with Crippen molar-refractivity contribution in [1.82, 2.24) is 5.32 Å². The van der Waals surface area contributed by atoms with E-state index in [4.69, 9.17) is 16.3 Å². The third-order valence-electron chi connectivity index (χ3n) is 3.50. The smallest absolute Gasteiger partial charge is 0.416 e. The Morgan fingerprint density at radius 1 is 1.07 bits per heavy atom. The van der Waals surface area contributed by atoms with Crippen molar-refractivity contribution in [1.29, 1.82) is 0 Å². The highest BCUT2D eigenvalue weighted by Crippen LogP contribution is 2.33. The zero-order valence-corrected chi connectivity index (χ0v) is 15.8. The first-order chi connectivity index (χ1) is 13.1. The molecule has 2 rings (SSSR count). The van der Waals surface area contributed by atoms with Crippen molar-refractivity contribution >= 4 is 29.1 Å². The summed E-state index contributed by atoms with van der Waals surface area (Å²) in [6, 6.07) is 9.34. The van der Waals surface area contributed by atoms with Crippen LogP contribution in [-0.4, -0.2) is 17.9 Å². The van der Waals surface area contributed by atoms with Crippen LogP contribution in [0.4, 0.5) is 18.9 Å². The van der Waals surface area contributed by atoms with Crippen molar-refractivity contribution in [2.75, 3.05) is 5.32 Å². The van der Waals surface area contributed by atoms with E-state index in [1.807, 2.05) is 13.8 Å². The normalized spacial score (nSPS) is 11.2. The summed E-state index contributed by atoms with van der Waals surface area (Å²) in [6.07, 6.45) is -4.57. The molecule has 0 aromatic heterocycles. The Balaban J connectivity index is 1.95. The van der Waals surface area contributed by atoms with E-state index in [-0.39, 0.29) is 23.4 Å². The van der Waals surface area contributed by atoms with Gasteiger partial charge in [0.05, 0.1) is 22.4 Å². The molecule has 0 saturated heterocycles. The highest BCUT2D eigenvalue weighted by atomic mass is 35.5. The second-order valence-electron chi connectivity index (χ2n) is 6.14. The molecule has 0 aliphatic heterocycles. The van der Waals surface area contributed by atoms with Gasteiger partial charge in [-0.3, -0.25) is 9.59 Å². The summed E-state index contributed by atoms with van der Waals surface area (Å²) < 4.78 is 43.8. The van der Waals surface area contributed by atoms with E-state index in [0.29, 0.717) is 17.4 Å². The number of anilines is 1. The summed E-state index contributed by atoms with van der Waals surface area (Å²) in [5, 5.41) is 4.36. The maximum absolute atomic E-state index is 12.8. The van der Waals surface area contributed by atoms with Gasteiger partial charge < -0.3 is 15.4 Å². The third kappa shape index (κ3) is 6.16. The van der Waals surface area contributed by atoms with Crippen LogP contribution in [-0.2, 0) is 22.3 Å². The number of rotatable bonds is 5. The Morgan fingerprint density at radius 2 is 1.71 bits per heavy atom. The van der Waals surface area contributed by atoms with Crippen LogP contribution in [0.2, 0.25) is 5.02 Å². The number of carbonyl (C=O) groups excluding carboxylic acids is 2. The molecule has 0 aliphatic carbocycles. The maximum atomic E-state index is 12.8. The van der Waals surface area contributed by atoms with Crippen LogP contribution in [0.3, 0.4) is 0 Å². The molecule has 0 spiro atoms. The fourth-order valence-electron chi connectivity index (χ4n) is 2.20. The summed E-state index contributed by atoms with van der Waals surface area (Å²) in [7, 11) is 0. The molecule has 2 aromatic carbocycles. The number of nitrogens with one attached hydrogen (secondary N) is 2. The second-order valence-corrected chi connectivity index (χ2v) is 6.55. The minimum absolute atomic E-state index is 0.0249. The predicted octanol–water partition coefficient (Wildman–Crippen LogP) is 4.40. The zero-order valence-electron chi connectivity index (χ0n) is 15.1. The number of ether oxygens (including phenoxy) is 1. The van der Waals surface area contributed by atoms with E-state index < -0.39 is 23.6 Å². The van der Waals surface area contributed by atoms with Gasteiger partial charge in [0.25, 0.3) is 0 Å². The molecule has 0 heterocycles. The first-order valence-corrected chi connectivity index (χ1v) is 8.65. The number of hydrogen-bond acceptors (Lipinski definition) is 3. The van der Waals surface area contributed by atoms with Crippen LogP contribution in [0.15, 0.2) is 42.5 Å². The fourth-order valence-corrected chi connectivity index (χ4v) is 2.36. The first kappa shape index (κ1) is 21.6. The van der Waals surface area contributed by atoms with Crippen LogP contribution in [0, 0.1) is 0 Å². The standard InChI is InChI=1S/C19H18ClF3N2O3/c1-11(2)28-14-6-3-12(4-7-14)10-24-17(26)18(27)25-16-9-13(19(21,22)23)5-8-15(16)20/h3-9,11H,10H2,1-2H3,(H,24,26)(H,25,27). The van der Waals surface area contributed by atoms with Gasteiger partial charge in [-0.05, 0) is 49.7 Å². The van der Waals surface area contributed by atoms with Gasteiger partial charge in [0.1, 0.15) is 5.75 Å².